The first-order valence-corrected chi connectivity index (χ1v) is 7.52. The van der Waals surface area contributed by atoms with Gasteiger partial charge in [-0.25, -0.2) is 4.98 Å². The lowest BCUT2D eigenvalue weighted by molar-refractivity contribution is -0.142. The van der Waals surface area contributed by atoms with Crippen molar-refractivity contribution in [3.63, 3.8) is 0 Å². The summed E-state index contributed by atoms with van der Waals surface area (Å²) >= 11 is 0. The monoisotopic (exact) mass is 369 g/mol. The second kappa shape index (κ2) is 5.01. The Morgan fingerprint density at radius 3 is 2.67 bits per heavy atom. The Bertz CT molecular complexity index is 1380. The van der Waals surface area contributed by atoms with E-state index in [1.807, 2.05) is 12.1 Å². The van der Waals surface area contributed by atoms with Crippen LogP contribution in [0.1, 0.15) is 5.69 Å². The zero-order chi connectivity index (χ0) is 18.8. The van der Waals surface area contributed by atoms with Gasteiger partial charge in [0.2, 0.25) is 6.19 Å². The molecule has 0 fully saturated rings. The summed E-state index contributed by atoms with van der Waals surface area (Å²) in [6, 6.07) is 7.23. The van der Waals surface area contributed by atoms with E-state index < -0.39 is 17.6 Å². The number of nitriles is 1. The number of rotatable bonds is 1. The minimum absolute atomic E-state index is 0.116. The van der Waals surface area contributed by atoms with Crippen LogP contribution in [0.5, 0.6) is 0 Å². The molecule has 0 aliphatic carbocycles. The molecule has 0 aliphatic heterocycles. The summed E-state index contributed by atoms with van der Waals surface area (Å²) in [6.45, 7) is 0. The number of imidazole rings is 1. The fourth-order valence-electron chi connectivity index (χ4n) is 3.10. The molecule has 0 radical (unpaired) electrons. The quantitative estimate of drug-likeness (QED) is 0.449. The summed E-state index contributed by atoms with van der Waals surface area (Å²) in [7, 11) is 0. The smallest absolute Gasteiger partial charge is 0.284 e. The van der Waals surface area contributed by atoms with Crippen LogP contribution in [0.15, 0.2) is 36.8 Å². The van der Waals surface area contributed by atoms with Gasteiger partial charge in [-0.2, -0.15) is 18.4 Å². The molecule has 1 aromatic carbocycles. The maximum atomic E-state index is 13.5. The first-order chi connectivity index (χ1) is 13.0. The number of hydrogen-bond donors (Lipinski definition) is 0. The summed E-state index contributed by atoms with van der Waals surface area (Å²) < 4.78 is 43.7. The highest BCUT2D eigenvalue weighted by atomic mass is 19.4. The number of halogens is 3. The molecule has 0 bridgehead atoms. The fraction of sp³-hybridized carbons (Fsp3) is 0.0667. The molecule has 5 rings (SSSR count). The van der Waals surface area contributed by atoms with Gasteiger partial charge in [0.25, 0.3) is 0 Å². The second-order valence-electron chi connectivity index (χ2n) is 5.62. The third kappa shape index (κ3) is 1.96. The third-order valence-electron chi connectivity index (χ3n) is 4.16. The zero-order valence-electron chi connectivity index (χ0n) is 13.1. The number of para-hydroxylation sites is 1. The molecule has 4 aromatic heterocycles. The topological polar surface area (TPSA) is 102 Å². The zero-order valence-corrected chi connectivity index (χ0v) is 13.1. The number of hydrogen-bond acceptors (Lipinski definition) is 6. The molecule has 0 saturated carbocycles. The third-order valence-corrected chi connectivity index (χ3v) is 4.16. The van der Waals surface area contributed by atoms with E-state index in [0.717, 1.165) is 5.52 Å². The van der Waals surface area contributed by atoms with Gasteiger partial charge in [-0.15, -0.1) is 20.0 Å². The number of nitrogens with zero attached hydrogens (tertiary/aromatic N) is 9. The van der Waals surface area contributed by atoms with E-state index in [0.29, 0.717) is 16.7 Å². The van der Waals surface area contributed by atoms with Crippen molar-refractivity contribution in [1.82, 2.24) is 39.0 Å². The highest BCUT2D eigenvalue weighted by molar-refractivity contribution is 5.94. The van der Waals surface area contributed by atoms with Crippen LogP contribution in [0, 0.1) is 11.5 Å². The Kier molecular flexibility index (Phi) is 2.83. The standard InChI is InChI=1S/C15H6F3N9/c16-15(17,18)12-11(21-24-26(12)6-19)14-23-22-13-8-3-1-2-4-9(8)25-7-20-5-10(25)27(13)14/h1-5,7H. The van der Waals surface area contributed by atoms with Crippen LogP contribution >= 0.6 is 0 Å². The van der Waals surface area contributed by atoms with Gasteiger partial charge in [0, 0.05) is 5.39 Å². The highest BCUT2D eigenvalue weighted by Gasteiger charge is 2.41. The first kappa shape index (κ1) is 15.3. The van der Waals surface area contributed by atoms with Crippen molar-refractivity contribution >= 4 is 22.2 Å². The molecule has 0 N–H and O–H groups in total. The fourth-order valence-corrected chi connectivity index (χ4v) is 3.10. The summed E-state index contributed by atoms with van der Waals surface area (Å²) in [5, 5.41) is 24.4. The summed E-state index contributed by atoms with van der Waals surface area (Å²) in [5.74, 6) is -0.185. The van der Waals surface area contributed by atoms with Crippen LogP contribution in [0.4, 0.5) is 13.2 Å². The van der Waals surface area contributed by atoms with Gasteiger partial charge in [0.15, 0.2) is 22.9 Å². The molecular formula is C15H6F3N9. The molecule has 0 atom stereocenters. The van der Waals surface area contributed by atoms with Crippen LogP contribution in [0.2, 0.25) is 0 Å². The van der Waals surface area contributed by atoms with E-state index in [2.05, 4.69) is 25.5 Å². The summed E-state index contributed by atoms with van der Waals surface area (Å²) in [6.07, 6.45) is -0.491. The Labute approximate surface area is 146 Å². The van der Waals surface area contributed by atoms with Crippen molar-refractivity contribution in [3.05, 3.63) is 42.5 Å². The molecule has 5 aromatic rings. The van der Waals surface area contributed by atoms with E-state index in [1.165, 1.54) is 23.1 Å². The van der Waals surface area contributed by atoms with Crippen molar-refractivity contribution in [1.29, 1.82) is 5.26 Å². The van der Waals surface area contributed by atoms with E-state index in [1.54, 1.807) is 16.5 Å². The average molecular weight is 369 g/mol. The van der Waals surface area contributed by atoms with Crippen LogP contribution in [0.3, 0.4) is 0 Å². The van der Waals surface area contributed by atoms with Gasteiger partial charge in [-0.05, 0) is 12.1 Å². The minimum atomic E-state index is -4.85. The molecule has 132 valence electrons. The predicted octanol–water partition coefficient (Wildman–Crippen LogP) is 2.14. The van der Waals surface area contributed by atoms with Gasteiger partial charge < -0.3 is 0 Å². The molecule has 0 unspecified atom stereocenters. The van der Waals surface area contributed by atoms with E-state index in [4.69, 9.17) is 5.26 Å². The molecule has 4 heterocycles. The summed E-state index contributed by atoms with van der Waals surface area (Å²) in [4.78, 5) is 4.08. The maximum Gasteiger partial charge on any atom is 0.436 e. The molecule has 12 heteroatoms. The Morgan fingerprint density at radius 2 is 1.89 bits per heavy atom. The minimum Gasteiger partial charge on any atom is -0.284 e. The second-order valence-corrected chi connectivity index (χ2v) is 5.62. The lowest BCUT2D eigenvalue weighted by Gasteiger charge is -2.08. The average Bonchev–Trinajstić information content (AvgIpc) is 3.36. The van der Waals surface area contributed by atoms with Gasteiger partial charge in [0.1, 0.15) is 12.0 Å². The van der Waals surface area contributed by atoms with Crippen molar-refractivity contribution in [2.24, 2.45) is 0 Å². The number of fused-ring (bicyclic) bond motifs is 6. The number of benzene rings is 1. The van der Waals surface area contributed by atoms with E-state index >= 15 is 0 Å². The molecule has 0 spiro atoms. The Hall–Kier alpha value is -4.01. The van der Waals surface area contributed by atoms with Crippen LogP contribution in [0.25, 0.3) is 33.7 Å². The van der Waals surface area contributed by atoms with Crippen LogP contribution in [-0.2, 0) is 6.18 Å². The lowest BCUT2D eigenvalue weighted by atomic mass is 10.2. The molecular weight excluding hydrogens is 363 g/mol. The van der Waals surface area contributed by atoms with Gasteiger partial charge in [-0.3, -0.25) is 8.80 Å². The predicted molar refractivity (Wildman–Crippen MR) is 84.3 cm³/mol. The molecule has 9 nitrogen and oxygen atoms in total. The largest absolute Gasteiger partial charge is 0.436 e. The van der Waals surface area contributed by atoms with Gasteiger partial charge in [-0.1, -0.05) is 17.3 Å². The molecule has 0 amide bonds. The van der Waals surface area contributed by atoms with E-state index in [9.17, 15) is 13.2 Å². The van der Waals surface area contributed by atoms with Crippen molar-refractivity contribution < 1.29 is 13.2 Å². The number of aromatic nitrogens is 8. The van der Waals surface area contributed by atoms with E-state index in [-0.39, 0.29) is 10.5 Å². The molecule has 27 heavy (non-hydrogen) atoms. The Morgan fingerprint density at radius 1 is 1.07 bits per heavy atom. The highest BCUT2D eigenvalue weighted by Crippen LogP contribution is 2.36. The van der Waals surface area contributed by atoms with Crippen LogP contribution in [-0.4, -0.2) is 39.0 Å². The maximum absolute atomic E-state index is 13.5. The van der Waals surface area contributed by atoms with Gasteiger partial charge >= 0.3 is 6.18 Å². The van der Waals surface area contributed by atoms with Crippen molar-refractivity contribution in [2.75, 3.05) is 0 Å². The van der Waals surface area contributed by atoms with Crippen molar-refractivity contribution in [3.8, 4) is 17.7 Å². The molecule has 0 aliphatic rings. The summed E-state index contributed by atoms with van der Waals surface area (Å²) in [5.41, 5.74) is -0.343. The first-order valence-electron chi connectivity index (χ1n) is 7.52. The SMILES string of the molecule is N#Cn1nnc(-c2nnc3c4ccccc4n4cncc4n23)c1C(F)(F)F. The van der Waals surface area contributed by atoms with Crippen molar-refractivity contribution in [2.45, 2.75) is 6.18 Å². The van der Waals surface area contributed by atoms with Gasteiger partial charge in [0.05, 0.1) is 11.7 Å². The van der Waals surface area contributed by atoms with Crippen LogP contribution < -0.4 is 0 Å². The lowest BCUT2D eigenvalue weighted by Crippen LogP contribution is -2.13. The molecule has 0 saturated heterocycles. The Balaban J connectivity index is 1.96. The normalized spacial score (nSPS) is 12.2. The number of alkyl halides is 3.